The molecule has 2 rings (SSSR count). The minimum Gasteiger partial charge on any atom is -0.386 e. The summed E-state index contributed by atoms with van der Waals surface area (Å²) in [6.07, 6.45) is -0.583. The van der Waals surface area contributed by atoms with Crippen LogP contribution in [0.4, 0.5) is 13.2 Å². The highest BCUT2D eigenvalue weighted by molar-refractivity contribution is 5.79. The predicted octanol–water partition coefficient (Wildman–Crippen LogP) is 2.94. The zero-order valence-electron chi connectivity index (χ0n) is 14.5. The predicted molar refractivity (Wildman–Crippen MR) is 95.4 cm³/mol. The Bertz CT molecular complexity index is 735. The minimum atomic E-state index is -0.869. The number of nitrogens with zero attached hydrogens (tertiary/aromatic N) is 1. The van der Waals surface area contributed by atoms with Crippen molar-refractivity contribution in [1.29, 1.82) is 0 Å². The van der Waals surface area contributed by atoms with E-state index in [1.807, 2.05) is 6.92 Å². The molecule has 0 aromatic heterocycles. The van der Waals surface area contributed by atoms with E-state index < -0.39 is 17.7 Å². The van der Waals surface area contributed by atoms with Crippen molar-refractivity contribution in [3.05, 3.63) is 71.0 Å². The summed E-state index contributed by atoms with van der Waals surface area (Å²) in [7, 11) is 0. The Hall–Kier alpha value is -2.54. The van der Waals surface area contributed by atoms with Gasteiger partial charge in [0, 0.05) is 13.1 Å². The summed E-state index contributed by atoms with van der Waals surface area (Å²) in [5.41, 5.74) is 0.840. The lowest BCUT2D eigenvalue weighted by atomic mass is 10.1. The smallest absolute Gasteiger partial charge is 0.191 e. The third-order valence-electron chi connectivity index (χ3n) is 3.72. The molecule has 0 bridgehead atoms. The molecule has 26 heavy (non-hydrogen) atoms. The first-order valence-electron chi connectivity index (χ1n) is 8.39. The molecule has 3 N–H and O–H groups in total. The van der Waals surface area contributed by atoms with Gasteiger partial charge in [0.05, 0.1) is 12.6 Å². The number of aliphatic hydroxyl groups is 1. The topological polar surface area (TPSA) is 56.7 Å². The Morgan fingerprint density at radius 2 is 1.73 bits per heavy atom. The quantitative estimate of drug-likeness (QED) is 0.522. The van der Waals surface area contributed by atoms with Crippen LogP contribution in [0.5, 0.6) is 0 Å². The number of aliphatic imine (C=N–C) groups is 1. The molecule has 0 heterocycles. The van der Waals surface area contributed by atoms with Crippen LogP contribution in [-0.2, 0) is 6.42 Å². The first-order chi connectivity index (χ1) is 12.5. The summed E-state index contributed by atoms with van der Waals surface area (Å²) in [5, 5.41) is 16.1. The largest absolute Gasteiger partial charge is 0.386 e. The first kappa shape index (κ1) is 19.8. The molecule has 0 fully saturated rings. The van der Waals surface area contributed by atoms with Crippen molar-refractivity contribution >= 4 is 5.96 Å². The van der Waals surface area contributed by atoms with Gasteiger partial charge in [-0.05, 0) is 54.8 Å². The maximum absolute atomic E-state index is 13.6. The van der Waals surface area contributed by atoms with Crippen LogP contribution in [0.2, 0.25) is 0 Å². The van der Waals surface area contributed by atoms with E-state index in [-0.39, 0.29) is 24.3 Å². The third-order valence-corrected chi connectivity index (χ3v) is 3.72. The van der Waals surface area contributed by atoms with Gasteiger partial charge in [-0.1, -0.05) is 12.1 Å². The molecule has 140 valence electrons. The van der Waals surface area contributed by atoms with E-state index in [4.69, 9.17) is 0 Å². The fourth-order valence-electron chi connectivity index (χ4n) is 2.36. The second kappa shape index (κ2) is 9.82. The zero-order valence-corrected chi connectivity index (χ0v) is 14.5. The van der Waals surface area contributed by atoms with Crippen molar-refractivity contribution in [3.8, 4) is 0 Å². The van der Waals surface area contributed by atoms with Crippen molar-refractivity contribution < 1.29 is 18.3 Å². The van der Waals surface area contributed by atoms with Crippen LogP contribution in [0.1, 0.15) is 24.2 Å². The van der Waals surface area contributed by atoms with Gasteiger partial charge in [0.15, 0.2) is 5.96 Å². The Labute approximate surface area is 150 Å². The van der Waals surface area contributed by atoms with Crippen LogP contribution in [0.25, 0.3) is 0 Å². The lowest BCUT2D eigenvalue weighted by Crippen LogP contribution is -2.38. The SMILES string of the molecule is CCNC(=NCC(O)c1ccc(F)cc1)NCCc1cc(F)ccc1F. The van der Waals surface area contributed by atoms with Crippen LogP contribution in [0, 0.1) is 17.5 Å². The number of hydrogen-bond donors (Lipinski definition) is 3. The normalized spacial score (nSPS) is 12.7. The van der Waals surface area contributed by atoms with Gasteiger partial charge in [-0.15, -0.1) is 0 Å². The fraction of sp³-hybridized carbons (Fsp3) is 0.316. The van der Waals surface area contributed by atoms with E-state index in [0.29, 0.717) is 24.6 Å². The zero-order chi connectivity index (χ0) is 18.9. The number of nitrogens with one attached hydrogen (secondary N) is 2. The first-order valence-corrected chi connectivity index (χ1v) is 8.39. The standard InChI is InChI=1S/C19H22F3N3O/c1-2-23-19(24-10-9-14-11-16(21)7-8-17(14)22)25-12-18(26)13-3-5-15(20)6-4-13/h3-8,11,18,26H,2,9-10,12H2,1H3,(H2,23,24,25). The third kappa shape index (κ3) is 6.07. The van der Waals surface area contributed by atoms with Gasteiger partial charge in [0.2, 0.25) is 0 Å². The highest BCUT2D eigenvalue weighted by Crippen LogP contribution is 2.13. The van der Waals surface area contributed by atoms with Crippen LogP contribution >= 0.6 is 0 Å². The number of aliphatic hydroxyl groups excluding tert-OH is 1. The van der Waals surface area contributed by atoms with Crippen molar-refractivity contribution in [2.75, 3.05) is 19.6 Å². The molecule has 1 atom stereocenters. The van der Waals surface area contributed by atoms with Crippen LogP contribution < -0.4 is 10.6 Å². The molecule has 0 spiro atoms. The van der Waals surface area contributed by atoms with E-state index in [1.165, 1.54) is 30.3 Å². The number of halogens is 3. The number of rotatable bonds is 7. The van der Waals surface area contributed by atoms with Crippen LogP contribution in [0.15, 0.2) is 47.5 Å². The maximum atomic E-state index is 13.6. The van der Waals surface area contributed by atoms with Crippen molar-refractivity contribution in [3.63, 3.8) is 0 Å². The van der Waals surface area contributed by atoms with Gasteiger partial charge in [-0.25, -0.2) is 13.2 Å². The van der Waals surface area contributed by atoms with Gasteiger partial charge in [-0.2, -0.15) is 0 Å². The molecular weight excluding hydrogens is 343 g/mol. The Balaban J connectivity index is 1.91. The van der Waals surface area contributed by atoms with Gasteiger partial charge < -0.3 is 15.7 Å². The summed E-state index contributed by atoms with van der Waals surface area (Å²) >= 11 is 0. The van der Waals surface area contributed by atoms with Crippen LogP contribution in [-0.4, -0.2) is 30.7 Å². The maximum Gasteiger partial charge on any atom is 0.191 e. The average Bonchev–Trinajstić information content (AvgIpc) is 2.63. The summed E-state index contributed by atoms with van der Waals surface area (Å²) in [6, 6.07) is 8.90. The van der Waals surface area contributed by atoms with Crippen molar-refractivity contribution in [1.82, 2.24) is 10.6 Å². The Morgan fingerprint density at radius 1 is 1.04 bits per heavy atom. The average molecular weight is 365 g/mol. The summed E-state index contributed by atoms with van der Waals surface area (Å²) in [4.78, 5) is 4.27. The molecule has 0 saturated heterocycles. The Morgan fingerprint density at radius 3 is 2.42 bits per heavy atom. The molecule has 0 radical (unpaired) electrons. The van der Waals surface area contributed by atoms with Gasteiger partial charge >= 0.3 is 0 Å². The Kier molecular flexibility index (Phi) is 7.47. The molecule has 2 aromatic carbocycles. The number of hydrogen-bond acceptors (Lipinski definition) is 2. The van der Waals surface area contributed by atoms with Crippen LogP contribution in [0.3, 0.4) is 0 Å². The van der Waals surface area contributed by atoms with E-state index >= 15 is 0 Å². The number of guanidine groups is 1. The minimum absolute atomic E-state index is 0.0787. The lowest BCUT2D eigenvalue weighted by molar-refractivity contribution is 0.187. The molecule has 2 aromatic rings. The molecule has 7 heteroatoms. The molecule has 4 nitrogen and oxygen atoms in total. The summed E-state index contributed by atoms with van der Waals surface area (Å²) in [5.74, 6) is -0.860. The van der Waals surface area contributed by atoms with E-state index in [9.17, 15) is 18.3 Å². The molecule has 1 unspecified atom stereocenters. The molecule has 0 aliphatic rings. The second-order valence-electron chi connectivity index (χ2n) is 5.70. The van der Waals surface area contributed by atoms with Gasteiger partial charge in [0.25, 0.3) is 0 Å². The highest BCUT2D eigenvalue weighted by Gasteiger charge is 2.08. The van der Waals surface area contributed by atoms with Crippen molar-refractivity contribution in [2.45, 2.75) is 19.4 Å². The fourth-order valence-corrected chi connectivity index (χ4v) is 2.36. The van der Waals surface area contributed by atoms with E-state index in [2.05, 4.69) is 15.6 Å². The monoisotopic (exact) mass is 365 g/mol. The second-order valence-corrected chi connectivity index (χ2v) is 5.70. The molecule has 0 amide bonds. The lowest BCUT2D eigenvalue weighted by Gasteiger charge is -2.13. The van der Waals surface area contributed by atoms with Crippen molar-refractivity contribution in [2.24, 2.45) is 4.99 Å². The summed E-state index contributed by atoms with van der Waals surface area (Å²) < 4.78 is 39.7. The number of benzene rings is 2. The highest BCUT2D eigenvalue weighted by atomic mass is 19.1. The molecular formula is C19H22F3N3O. The summed E-state index contributed by atoms with van der Waals surface area (Å²) in [6.45, 7) is 2.92. The molecule has 0 aliphatic heterocycles. The van der Waals surface area contributed by atoms with E-state index in [0.717, 1.165) is 12.1 Å². The molecule has 0 saturated carbocycles. The van der Waals surface area contributed by atoms with E-state index in [1.54, 1.807) is 0 Å². The van der Waals surface area contributed by atoms with Gasteiger partial charge in [0.1, 0.15) is 17.5 Å². The molecule has 0 aliphatic carbocycles. The van der Waals surface area contributed by atoms with Gasteiger partial charge in [-0.3, -0.25) is 4.99 Å².